The highest BCUT2D eigenvalue weighted by Crippen LogP contribution is 2.42. The number of carboxylic acids is 1. The molecule has 2 atom stereocenters. The van der Waals surface area contributed by atoms with E-state index in [2.05, 4.69) is 26.0 Å². The Labute approximate surface area is 295 Å². The summed E-state index contributed by atoms with van der Waals surface area (Å²) >= 11 is 3.52. The molecule has 0 bridgehead atoms. The van der Waals surface area contributed by atoms with Crippen LogP contribution in [-0.4, -0.2) is 114 Å². The monoisotopic (exact) mass is 765 g/mol. The van der Waals surface area contributed by atoms with Crippen LogP contribution in [0.3, 0.4) is 0 Å². The highest BCUT2D eigenvalue weighted by atomic mass is 32.2. The van der Waals surface area contributed by atoms with Crippen molar-refractivity contribution in [2.45, 2.75) is 23.2 Å². The van der Waals surface area contributed by atoms with E-state index >= 15 is 0 Å². The van der Waals surface area contributed by atoms with Gasteiger partial charge in [-0.05, 0) is 30.7 Å². The lowest BCUT2D eigenvalue weighted by atomic mass is 10.0. The van der Waals surface area contributed by atoms with Crippen LogP contribution in [0.1, 0.15) is 12.6 Å². The molecule has 4 aliphatic heterocycles. The number of thiazole rings is 1. The number of aliphatic imine (C=N–C) groups is 1. The first-order chi connectivity index (χ1) is 23.8. The Morgan fingerprint density at radius 2 is 2.06 bits per heavy atom. The van der Waals surface area contributed by atoms with Gasteiger partial charge in [-0.3, -0.25) is 19.5 Å². The van der Waals surface area contributed by atoms with Gasteiger partial charge in [-0.1, -0.05) is 5.16 Å². The number of phenols is 2. The molecule has 19 nitrogen and oxygen atoms in total. The number of allylic oxidation sites excluding steroid dienone is 1. The number of nitrogens with two attached hydrogens (primary N) is 1. The molecule has 2 amide bonds. The molecule has 4 aliphatic rings. The predicted octanol–water partition coefficient (Wildman–Crippen LogP) is -0.138. The van der Waals surface area contributed by atoms with Gasteiger partial charge in [0.1, 0.15) is 29.5 Å². The van der Waals surface area contributed by atoms with Crippen LogP contribution < -0.4 is 16.6 Å². The normalized spacial score (nSPS) is 20.4. The minimum Gasteiger partial charge on any atom is -0.504 e. The van der Waals surface area contributed by atoms with Crippen LogP contribution in [0, 0.1) is 0 Å². The molecular formula is C27H27N9O10S4. The first kappa shape index (κ1) is 35.0. The summed E-state index contributed by atoms with van der Waals surface area (Å²) in [5.74, 6) is -4.26. The fourth-order valence-electron chi connectivity index (χ4n) is 4.97. The number of carbonyl (C=O) groups is 3. The number of hydrazine groups is 2. The van der Waals surface area contributed by atoms with Gasteiger partial charge in [0, 0.05) is 28.7 Å². The summed E-state index contributed by atoms with van der Waals surface area (Å²) in [5.41, 5.74) is 9.09. The number of amides is 2. The van der Waals surface area contributed by atoms with Crippen molar-refractivity contribution in [2.75, 3.05) is 29.9 Å². The van der Waals surface area contributed by atoms with Gasteiger partial charge in [-0.2, -0.15) is 0 Å². The van der Waals surface area contributed by atoms with Crippen LogP contribution in [0.2, 0.25) is 0 Å². The Hall–Kier alpha value is -4.81. The highest BCUT2D eigenvalue weighted by molar-refractivity contribution is 8.03. The molecule has 0 saturated carbocycles. The van der Waals surface area contributed by atoms with E-state index in [4.69, 9.17) is 10.6 Å². The Morgan fingerprint density at radius 1 is 1.28 bits per heavy atom. The van der Waals surface area contributed by atoms with Gasteiger partial charge < -0.3 is 36.3 Å². The average molecular weight is 766 g/mol. The molecule has 1 fully saturated rings. The predicted molar refractivity (Wildman–Crippen MR) is 181 cm³/mol. The summed E-state index contributed by atoms with van der Waals surface area (Å²) in [4.78, 5) is 53.4. The lowest BCUT2D eigenvalue weighted by Crippen LogP contribution is -2.71. The van der Waals surface area contributed by atoms with Gasteiger partial charge in [-0.15, -0.1) is 40.4 Å². The number of carboxylic acid groups (broad SMARTS) is 1. The zero-order chi connectivity index (χ0) is 35.9. The number of aromatic nitrogens is 1. The van der Waals surface area contributed by atoms with Crippen molar-refractivity contribution in [1.29, 1.82) is 0 Å². The van der Waals surface area contributed by atoms with Crippen LogP contribution in [-0.2, 0) is 29.1 Å². The van der Waals surface area contributed by atoms with Crippen molar-refractivity contribution >= 4 is 79.0 Å². The highest BCUT2D eigenvalue weighted by Gasteiger charge is 2.54. The number of anilines is 1. The average Bonchev–Trinajstić information content (AvgIpc) is 3.70. The number of aliphatic hydroxyl groups is 1. The molecule has 6 rings (SSSR count). The number of rotatable bonds is 12. The third kappa shape index (κ3) is 6.82. The molecule has 264 valence electrons. The molecule has 0 unspecified atom stereocenters. The number of benzene rings is 1. The number of aromatic hydroxyl groups is 2. The standard InChI is InChI=1S/C27H27N9O10S4/c1-12-4-19(36-18(29-12)6-34(10-37)33-36)47-7-13-8-48-25-21(24(41)35(25)22(13)26(42)43)31-23(40)20(15-9-49-27(28)30-15)32-46-11-50(44,45)14-2-3-16(38)17(39)5-14/h2-6,9,21,25,33,37-39H,7-8,10-11H2,1H3,(H2,28,30)(H,31,40)(H,42,43)/b32-20-/t21-,25-/m1/s1. The van der Waals surface area contributed by atoms with E-state index in [1.807, 2.05) is 0 Å². The molecule has 1 saturated heterocycles. The third-order valence-electron chi connectivity index (χ3n) is 7.30. The van der Waals surface area contributed by atoms with Crippen LogP contribution in [0.4, 0.5) is 5.13 Å². The quantitative estimate of drug-likeness (QED) is 0.0641. The van der Waals surface area contributed by atoms with E-state index in [0.717, 1.165) is 34.4 Å². The number of oxime groups is 1. The number of nitrogens with zero attached hydrogens (tertiary/aromatic N) is 6. The van der Waals surface area contributed by atoms with Crippen molar-refractivity contribution in [1.82, 2.24) is 30.8 Å². The van der Waals surface area contributed by atoms with E-state index in [0.29, 0.717) is 22.1 Å². The summed E-state index contributed by atoms with van der Waals surface area (Å²) < 4.78 is 25.4. The number of aliphatic carboxylic acids is 1. The maximum Gasteiger partial charge on any atom is 0.352 e. The summed E-state index contributed by atoms with van der Waals surface area (Å²) in [6, 6.07) is 1.68. The minimum absolute atomic E-state index is 0.0629. The maximum absolute atomic E-state index is 13.4. The number of aliphatic hydroxyl groups excluding tert-OH is 1. The number of nitrogens with one attached hydrogen (secondary N) is 2. The van der Waals surface area contributed by atoms with Crippen molar-refractivity contribution in [3.63, 3.8) is 0 Å². The summed E-state index contributed by atoms with van der Waals surface area (Å²) in [5, 5.41) is 49.4. The SMILES string of the molecule is CC1=NC2=CN(CO)NN2C(SCC2=C(C(=O)O)N3C(=O)[C@@H](NC(=O)/C(=N\OCS(=O)(=O)c4ccc(O)c(O)c4)c4csc(N)n4)[C@H]3SC2)=C1. The zero-order valence-electron chi connectivity index (χ0n) is 25.6. The molecule has 5 heterocycles. The number of fused-ring (bicyclic) bond motifs is 2. The summed E-state index contributed by atoms with van der Waals surface area (Å²) in [7, 11) is -4.21. The summed E-state index contributed by atoms with van der Waals surface area (Å²) in [6.45, 7) is 1.50. The molecular weight excluding hydrogens is 739 g/mol. The van der Waals surface area contributed by atoms with Gasteiger partial charge in [-0.25, -0.2) is 28.2 Å². The lowest BCUT2D eigenvalue weighted by molar-refractivity contribution is -0.150. The Balaban J connectivity index is 1.15. The minimum atomic E-state index is -4.21. The second-order valence-electron chi connectivity index (χ2n) is 10.7. The lowest BCUT2D eigenvalue weighted by Gasteiger charge is -2.49. The van der Waals surface area contributed by atoms with Crippen LogP contribution >= 0.6 is 34.9 Å². The van der Waals surface area contributed by atoms with Crippen LogP contribution in [0.5, 0.6) is 11.5 Å². The molecule has 2 aromatic rings. The number of hydrogen-bond donors (Lipinski definition) is 7. The summed E-state index contributed by atoms with van der Waals surface area (Å²) in [6.07, 6.45) is 3.41. The van der Waals surface area contributed by atoms with Gasteiger partial charge in [0.2, 0.25) is 15.8 Å². The molecule has 0 radical (unpaired) electrons. The smallest absolute Gasteiger partial charge is 0.352 e. The number of hydrogen-bond acceptors (Lipinski definition) is 19. The Kier molecular flexibility index (Phi) is 9.69. The van der Waals surface area contributed by atoms with Crippen LogP contribution in [0.25, 0.3) is 0 Å². The van der Waals surface area contributed by atoms with Gasteiger partial charge in [0.25, 0.3) is 11.8 Å². The number of sulfone groups is 1. The molecule has 50 heavy (non-hydrogen) atoms. The molecule has 8 N–H and O–H groups in total. The van der Waals surface area contributed by atoms with Gasteiger partial charge in [0.05, 0.1) is 16.1 Å². The van der Waals surface area contributed by atoms with E-state index in [1.54, 1.807) is 24.2 Å². The van der Waals surface area contributed by atoms with Gasteiger partial charge >= 0.3 is 5.97 Å². The number of β-lactam (4-membered cyclic amide) rings is 1. The molecule has 0 aliphatic carbocycles. The number of phenolic OH excluding ortho intramolecular Hbond substituents is 2. The van der Waals surface area contributed by atoms with Crippen molar-refractivity contribution in [2.24, 2.45) is 10.1 Å². The molecule has 1 aromatic heterocycles. The fraction of sp³-hybridized carbons (Fsp3) is 0.259. The Morgan fingerprint density at radius 3 is 2.74 bits per heavy atom. The van der Waals surface area contributed by atoms with Crippen molar-refractivity contribution in [3.05, 3.63) is 63.7 Å². The first-order valence-electron chi connectivity index (χ1n) is 14.2. The second kappa shape index (κ2) is 13.8. The largest absolute Gasteiger partial charge is 0.504 e. The zero-order valence-corrected chi connectivity index (χ0v) is 28.8. The molecule has 1 aromatic carbocycles. The fourth-order valence-corrected chi connectivity index (χ4v) is 8.97. The topological polar surface area (TPSA) is 273 Å². The first-order valence-corrected chi connectivity index (χ1v) is 18.8. The number of thioether (sulfide) groups is 2. The van der Waals surface area contributed by atoms with E-state index in [9.17, 15) is 43.2 Å². The maximum atomic E-state index is 13.4. The third-order valence-corrected chi connectivity index (χ3v) is 11.8. The van der Waals surface area contributed by atoms with E-state index < -0.39 is 62.2 Å². The van der Waals surface area contributed by atoms with Gasteiger partial charge in [0.15, 0.2) is 28.2 Å². The molecule has 0 spiro atoms. The second-order valence-corrected chi connectivity index (χ2v) is 15.6. The van der Waals surface area contributed by atoms with Crippen LogP contribution in [0.15, 0.2) is 73.0 Å². The van der Waals surface area contributed by atoms with Crippen molar-refractivity contribution in [3.8, 4) is 11.5 Å². The Bertz CT molecular complexity index is 2040. The molecule has 23 heteroatoms. The number of carbonyl (C=O) groups excluding carboxylic acids is 2. The van der Waals surface area contributed by atoms with E-state index in [-0.39, 0.29) is 39.7 Å². The number of nitrogen functional groups attached to an aromatic ring is 1. The van der Waals surface area contributed by atoms with E-state index in [1.165, 1.54) is 33.9 Å². The van der Waals surface area contributed by atoms with Crippen molar-refractivity contribution < 1.29 is 48.1 Å².